The molecule has 0 N–H and O–H groups in total. The van der Waals surface area contributed by atoms with E-state index in [1.165, 1.54) is 5.56 Å². The Balaban J connectivity index is 0.00000280. The summed E-state index contributed by atoms with van der Waals surface area (Å²) in [5.74, 6) is 1.00. The maximum atomic E-state index is 12.1. The van der Waals surface area contributed by atoms with Gasteiger partial charge in [-0.1, -0.05) is 48.5 Å². The van der Waals surface area contributed by atoms with E-state index in [1.54, 1.807) is 13.2 Å². The van der Waals surface area contributed by atoms with Crippen LogP contribution in [0, 0.1) is 0 Å². The zero-order valence-electron chi connectivity index (χ0n) is 16.4. The highest BCUT2D eigenvalue weighted by molar-refractivity contribution is 5.93. The third-order valence-electron chi connectivity index (χ3n) is 4.97. The molecule has 0 aliphatic carbocycles. The molecule has 1 aliphatic rings. The van der Waals surface area contributed by atoms with Gasteiger partial charge in [-0.25, -0.2) is 0 Å². The highest BCUT2D eigenvalue weighted by Gasteiger charge is 2.17. The Kier molecular flexibility index (Phi) is 9.21. The minimum atomic E-state index is 0. The number of hydrogen-bond acceptors (Lipinski definition) is 4. The van der Waals surface area contributed by atoms with Gasteiger partial charge in [0.15, 0.2) is 5.78 Å². The molecule has 0 saturated carbocycles. The lowest BCUT2D eigenvalue weighted by Crippen LogP contribution is -2.46. The quantitative estimate of drug-likeness (QED) is 0.629. The SMILES string of the molecule is COc1ccc(C=CC(=O)CCN2CCN(Cc3ccccc3)CC2)cc1.Cl. The predicted molar refractivity (Wildman–Crippen MR) is 117 cm³/mol. The second-order valence-electron chi connectivity index (χ2n) is 6.93. The maximum absolute atomic E-state index is 12.1. The van der Waals surface area contributed by atoms with Gasteiger partial charge < -0.3 is 9.64 Å². The molecule has 28 heavy (non-hydrogen) atoms. The van der Waals surface area contributed by atoms with Crippen molar-refractivity contribution in [2.45, 2.75) is 13.0 Å². The van der Waals surface area contributed by atoms with Crippen LogP contribution in [0.4, 0.5) is 0 Å². The number of benzene rings is 2. The highest BCUT2D eigenvalue weighted by atomic mass is 35.5. The van der Waals surface area contributed by atoms with Crippen LogP contribution in [0.3, 0.4) is 0 Å². The van der Waals surface area contributed by atoms with Gasteiger partial charge in [0.2, 0.25) is 0 Å². The number of rotatable bonds is 8. The molecule has 0 unspecified atom stereocenters. The number of carbonyl (C=O) groups excluding carboxylic acids is 1. The molecule has 3 rings (SSSR count). The van der Waals surface area contributed by atoms with E-state index in [4.69, 9.17) is 4.74 Å². The summed E-state index contributed by atoms with van der Waals surface area (Å²) in [6, 6.07) is 18.3. The van der Waals surface area contributed by atoms with Gasteiger partial charge >= 0.3 is 0 Å². The number of nitrogens with zero attached hydrogens (tertiary/aromatic N) is 2. The first-order valence-corrected chi connectivity index (χ1v) is 9.56. The molecule has 1 saturated heterocycles. The Labute approximate surface area is 174 Å². The van der Waals surface area contributed by atoms with Gasteiger partial charge in [0.1, 0.15) is 5.75 Å². The largest absolute Gasteiger partial charge is 0.497 e. The Hall–Kier alpha value is -2.14. The fourth-order valence-corrected chi connectivity index (χ4v) is 3.27. The van der Waals surface area contributed by atoms with Crippen LogP contribution in [0.1, 0.15) is 17.5 Å². The van der Waals surface area contributed by atoms with Crippen LogP contribution in [0.2, 0.25) is 0 Å². The summed E-state index contributed by atoms with van der Waals surface area (Å²) < 4.78 is 5.14. The van der Waals surface area contributed by atoms with E-state index in [0.29, 0.717) is 6.42 Å². The standard InChI is InChI=1S/C23H28N2O2.ClH/c1-27-23-11-8-20(9-12-23)7-10-22(26)13-14-24-15-17-25(18-16-24)19-21-5-3-2-4-6-21;/h2-12H,13-19H2,1H3;1H. The molecule has 5 heteroatoms. The molecule has 1 heterocycles. The molecular weight excluding hydrogens is 372 g/mol. The monoisotopic (exact) mass is 400 g/mol. The molecule has 0 aromatic heterocycles. The fourth-order valence-electron chi connectivity index (χ4n) is 3.27. The van der Waals surface area contributed by atoms with Crippen molar-refractivity contribution in [2.75, 3.05) is 39.8 Å². The van der Waals surface area contributed by atoms with Crippen LogP contribution in [-0.2, 0) is 11.3 Å². The molecule has 0 spiro atoms. The second-order valence-corrected chi connectivity index (χ2v) is 6.93. The van der Waals surface area contributed by atoms with Crippen LogP contribution in [0.5, 0.6) is 5.75 Å². The lowest BCUT2D eigenvalue weighted by Gasteiger charge is -2.34. The smallest absolute Gasteiger partial charge is 0.156 e. The molecule has 1 aliphatic heterocycles. The number of ether oxygens (including phenoxy) is 1. The summed E-state index contributed by atoms with van der Waals surface area (Å²) in [5.41, 5.74) is 2.38. The van der Waals surface area contributed by atoms with Crippen molar-refractivity contribution in [3.8, 4) is 5.75 Å². The van der Waals surface area contributed by atoms with Crippen LogP contribution in [0.15, 0.2) is 60.7 Å². The summed E-state index contributed by atoms with van der Waals surface area (Å²) in [7, 11) is 1.65. The Morgan fingerprint density at radius 3 is 2.25 bits per heavy atom. The van der Waals surface area contributed by atoms with Crippen LogP contribution in [0.25, 0.3) is 6.08 Å². The van der Waals surface area contributed by atoms with Gasteiger partial charge in [-0.15, -0.1) is 12.4 Å². The number of methoxy groups -OCH3 is 1. The number of ketones is 1. The number of hydrogen-bond donors (Lipinski definition) is 0. The number of piperazine rings is 1. The van der Waals surface area contributed by atoms with Crippen LogP contribution < -0.4 is 4.74 Å². The second kappa shape index (κ2) is 11.6. The average Bonchev–Trinajstić information content (AvgIpc) is 2.73. The molecule has 0 radical (unpaired) electrons. The van der Waals surface area contributed by atoms with Gasteiger partial charge in [0.25, 0.3) is 0 Å². The molecular formula is C23H29ClN2O2. The van der Waals surface area contributed by atoms with Gasteiger partial charge in [-0.2, -0.15) is 0 Å². The summed E-state index contributed by atoms with van der Waals surface area (Å²) in [6.07, 6.45) is 4.14. The van der Waals surface area contributed by atoms with E-state index in [2.05, 4.69) is 40.1 Å². The van der Waals surface area contributed by atoms with Crippen molar-refractivity contribution in [2.24, 2.45) is 0 Å². The molecule has 0 amide bonds. The maximum Gasteiger partial charge on any atom is 0.156 e. The van der Waals surface area contributed by atoms with Gasteiger partial charge in [-0.3, -0.25) is 9.69 Å². The predicted octanol–water partition coefficient (Wildman–Crippen LogP) is 3.91. The highest BCUT2D eigenvalue weighted by Crippen LogP contribution is 2.13. The van der Waals surface area contributed by atoms with Gasteiger partial charge in [0, 0.05) is 45.7 Å². The molecule has 2 aromatic rings. The van der Waals surface area contributed by atoms with Crippen LogP contribution >= 0.6 is 12.4 Å². The average molecular weight is 401 g/mol. The van der Waals surface area contributed by atoms with E-state index in [-0.39, 0.29) is 18.2 Å². The molecule has 150 valence electrons. The molecule has 0 bridgehead atoms. The first-order valence-electron chi connectivity index (χ1n) is 9.56. The Bertz CT molecular complexity index is 739. The molecule has 0 atom stereocenters. The summed E-state index contributed by atoms with van der Waals surface area (Å²) in [6.45, 7) is 6.03. The zero-order chi connectivity index (χ0) is 18.9. The van der Waals surface area contributed by atoms with E-state index in [9.17, 15) is 4.79 Å². The van der Waals surface area contributed by atoms with Crippen LogP contribution in [-0.4, -0.2) is 55.4 Å². The molecule has 1 fully saturated rings. The molecule has 4 nitrogen and oxygen atoms in total. The van der Waals surface area contributed by atoms with Gasteiger partial charge in [-0.05, 0) is 29.3 Å². The number of halogens is 1. The third kappa shape index (κ3) is 7.12. The van der Waals surface area contributed by atoms with E-state index in [1.807, 2.05) is 30.3 Å². The molecule has 2 aromatic carbocycles. The normalized spacial score (nSPS) is 15.3. The van der Waals surface area contributed by atoms with Crippen molar-refractivity contribution in [1.29, 1.82) is 0 Å². The van der Waals surface area contributed by atoms with E-state index >= 15 is 0 Å². The van der Waals surface area contributed by atoms with Crippen molar-refractivity contribution < 1.29 is 9.53 Å². The van der Waals surface area contributed by atoms with Gasteiger partial charge in [0.05, 0.1) is 7.11 Å². The Morgan fingerprint density at radius 1 is 0.964 bits per heavy atom. The number of allylic oxidation sites excluding steroid dienone is 1. The first-order chi connectivity index (χ1) is 13.2. The van der Waals surface area contributed by atoms with Crippen molar-refractivity contribution in [1.82, 2.24) is 9.80 Å². The first kappa shape index (κ1) is 22.2. The topological polar surface area (TPSA) is 32.8 Å². The van der Waals surface area contributed by atoms with Crippen molar-refractivity contribution in [3.05, 3.63) is 71.8 Å². The lowest BCUT2D eigenvalue weighted by molar-refractivity contribution is -0.114. The number of carbonyl (C=O) groups is 1. The summed E-state index contributed by atoms with van der Waals surface area (Å²) in [5, 5.41) is 0. The minimum Gasteiger partial charge on any atom is -0.497 e. The third-order valence-corrected chi connectivity index (χ3v) is 4.97. The Morgan fingerprint density at radius 2 is 1.61 bits per heavy atom. The zero-order valence-corrected chi connectivity index (χ0v) is 17.2. The van der Waals surface area contributed by atoms with Crippen molar-refractivity contribution in [3.63, 3.8) is 0 Å². The fraction of sp³-hybridized carbons (Fsp3) is 0.348. The summed E-state index contributed by atoms with van der Waals surface area (Å²) in [4.78, 5) is 17.0. The van der Waals surface area contributed by atoms with Crippen molar-refractivity contribution >= 4 is 24.3 Å². The summed E-state index contributed by atoms with van der Waals surface area (Å²) >= 11 is 0. The minimum absolute atomic E-state index is 0. The van der Waals surface area contributed by atoms with E-state index < -0.39 is 0 Å². The lowest BCUT2D eigenvalue weighted by atomic mass is 10.1. The van der Waals surface area contributed by atoms with E-state index in [0.717, 1.165) is 50.6 Å².